The summed E-state index contributed by atoms with van der Waals surface area (Å²) < 4.78 is 23.0. The minimum atomic E-state index is -3.02. The Balaban J connectivity index is 2.55. The molecule has 0 N–H and O–H groups in total. The Morgan fingerprint density at radius 2 is 2.00 bits per heavy atom. The summed E-state index contributed by atoms with van der Waals surface area (Å²) in [6, 6.07) is 9.63. The second kappa shape index (κ2) is 7.44. The standard InChI is InChI=1S/C13H19O3P/c1-3-10-15-17(14,11-4-2)16-12-13-8-6-5-7-9-13/h4-9H,2-3,10-12H2,1H3. The molecule has 0 aliphatic heterocycles. The van der Waals surface area contributed by atoms with Crippen LogP contribution in [0.3, 0.4) is 0 Å². The molecule has 0 heterocycles. The normalized spacial score (nSPS) is 14.2. The van der Waals surface area contributed by atoms with E-state index in [1.807, 2.05) is 37.3 Å². The maximum atomic E-state index is 12.2. The summed E-state index contributed by atoms with van der Waals surface area (Å²) >= 11 is 0. The van der Waals surface area contributed by atoms with Crippen molar-refractivity contribution in [3.05, 3.63) is 48.6 Å². The lowest BCUT2D eigenvalue weighted by Gasteiger charge is -2.16. The zero-order valence-electron chi connectivity index (χ0n) is 10.2. The lowest BCUT2D eigenvalue weighted by atomic mass is 10.2. The van der Waals surface area contributed by atoms with Gasteiger partial charge < -0.3 is 9.05 Å². The number of allylic oxidation sites excluding steroid dienone is 1. The van der Waals surface area contributed by atoms with Crippen molar-refractivity contribution >= 4 is 7.60 Å². The van der Waals surface area contributed by atoms with Crippen LogP contribution in [0.15, 0.2) is 43.0 Å². The smallest absolute Gasteiger partial charge is 0.308 e. The molecule has 0 radical (unpaired) electrons. The molecule has 0 aliphatic rings. The number of hydrogen-bond donors (Lipinski definition) is 0. The highest BCUT2D eigenvalue weighted by molar-refractivity contribution is 7.54. The zero-order chi connectivity index (χ0) is 12.6. The van der Waals surface area contributed by atoms with Gasteiger partial charge in [-0.15, -0.1) is 6.58 Å². The van der Waals surface area contributed by atoms with Gasteiger partial charge >= 0.3 is 7.60 Å². The van der Waals surface area contributed by atoms with E-state index in [1.54, 1.807) is 6.08 Å². The van der Waals surface area contributed by atoms with Crippen molar-refractivity contribution in [2.24, 2.45) is 0 Å². The van der Waals surface area contributed by atoms with E-state index in [0.29, 0.717) is 13.2 Å². The highest BCUT2D eigenvalue weighted by Crippen LogP contribution is 2.48. The van der Waals surface area contributed by atoms with Crippen LogP contribution >= 0.6 is 7.60 Å². The molecule has 0 saturated carbocycles. The molecule has 1 rings (SSSR count). The Morgan fingerprint density at radius 3 is 2.59 bits per heavy atom. The van der Waals surface area contributed by atoms with Crippen LogP contribution in [0.25, 0.3) is 0 Å². The average Bonchev–Trinajstić information content (AvgIpc) is 2.36. The summed E-state index contributed by atoms with van der Waals surface area (Å²) in [7, 11) is -3.02. The van der Waals surface area contributed by atoms with Crippen molar-refractivity contribution in [3.63, 3.8) is 0 Å². The van der Waals surface area contributed by atoms with E-state index in [-0.39, 0.29) is 6.16 Å². The van der Waals surface area contributed by atoms with Crippen molar-refractivity contribution in [1.29, 1.82) is 0 Å². The molecule has 0 amide bonds. The molecule has 1 unspecified atom stereocenters. The van der Waals surface area contributed by atoms with Gasteiger partial charge in [-0.1, -0.05) is 43.3 Å². The topological polar surface area (TPSA) is 35.5 Å². The first-order valence-electron chi connectivity index (χ1n) is 5.73. The van der Waals surface area contributed by atoms with Gasteiger partial charge in [-0.3, -0.25) is 4.57 Å². The summed E-state index contributed by atoms with van der Waals surface area (Å²) in [5, 5.41) is 0. The summed E-state index contributed by atoms with van der Waals surface area (Å²) in [6.45, 7) is 6.29. The van der Waals surface area contributed by atoms with Gasteiger partial charge in [-0.05, 0) is 12.0 Å². The van der Waals surface area contributed by atoms with E-state index < -0.39 is 7.60 Å². The summed E-state index contributed by atoms with van der Waals surface area (Å²) in [4.78, 5) is 0. The fourth-order valence-corrected chi connectivity index (χ4v) is 2.69. The van der Waals surface area contributed by atoms with Crippen molar-refractivity contribution < 1.29 is 13.6 Å². The van der Waals surface area contributed by atoms with Crippen LogP contribution in [0.5, 0.6) is 0 Å². The Labute approximate surface area is 103 Å². The molecule has 0 saturated heterocycles. The molecule has 17 heavy (non-hydrogen) atoms. The second-order valence-corrected chi connectivity index (χ2v) is 5.78. The highest BCUT2D eigenvalue weighted by Gasteiger charge is 2.22. The van der Waals surface area contributed by atoms with Crippen molar-refractivity contribution in [2.45, 2.75) is 20.0 Å². The minimum absolute atomic E-state index is 0.250. The van der Waals surface area contributed by atoms with Gasteiger partial charge in [0.1, 0.15) is 0 Å². The summed E-state index contributed by atoms with van der Waals surface area (Å²) in [5.74, 6) is 0. The van der Waals surface area contributed by atoms with E-state index in [2.05, 4.69) is 6.58 Å². The van der Waals surface area contributed by atoms with Crippen molar-refractivity contribution in [3.8, 4) is 0 Å². The van der Waals surface area contributed by atoms with Gasteiger partial charge in [0.25, 0.3) is 0 Å². The molecule has 1 atom stereocenters. The molecule has 0 fully saturated rings. The molecule has 3 nitrogen and oxygen atoms in total. The van der Waals surface area contributed by atoms with E-state index in [4.69, 9.17) is 9.05 Å². The van der Waals surface area contributed by atoms with E-state index in [0.717, 1.165) is 12.0 Å². The maximum absolute atomic E-state index is 12.2. The predicted octanol–water partition coefficient (Wildman–Crippen LogP) is 4.01. The Morgan fingerprint density at radius 1 is 1.29 bits per heavy atom. The van der Waals surface area contributed by atoms with Gasteiger partial charge in [0.2, 0.25) is 0 Å². The van der Waals surface area contributed by atoms with Gasteiger partial charge in [0, 0.05) is 0 Å². The van der Waals surface area contributed by atoms with Gasteiger partial charge in [-0.2, -0.15) is 0 Å². The molecular formula is C13H19O3P. The molecule has 94 valence electrons. The van der Waals surface area contributed by atoms with E-state index in [9.17, 15) is 4.57 Å². The van der Waals surface area contributed by atoms with Gasteiger partial charge in [0.05, 0.1) is 19.4 Å². The maximum Gasteiger partial charge on any atom is 0.334 e. The van der Waals surface area contributed by atoms with Gasteiger partial charge in [0.15, 0.2) is 0 Å². The third kappa shape index (κ3) is 5.31. The SMILES string of the molecule is C=CCP(=O)(OCCC)OCc1ccccc1. The number of rotatable bonds is 8. The monoisotopic (exact) mass is 254 g/mol. The molecule has 0 aliphatic carbocycles. The first kappa shape index (κ1) is 14.2. The quantitative estimate of drug-likeness (QED) is 0.519. The summed E-state index contributed by atoms with van der Waals surface area (Å²) in [6.07, 6.45) is 2.64. The molecule has 0 spiro atoms. The van der Waals surface area contributed by atoms with E-state index >= 15 is 0 Å². The van der Waals surface area contributed by atoms with Crippen LogP contribution < -0.4 is 0 Å². The molecule has 0 bridgehead atoms. The molecule has 1 aromatic rings. The van der Waals surface area contributed by atoms with Crippen LogP contribution in [0.2, 0.25) is 0 Å². The molecule has 4 heteroatoms. The first-order chi connectivity index (χ1) is 8.20. The number of benzene rings is 1. The molecular weight excluding hydrogens is 235 g/mol. The van der Waals surface area contributed by atoms with Crippen molar-refractivity contribution in [1.82, 2.24) is 0 Å². The zero-order valence-corrected chi connectivity index (χ0v) is 11.1. The Kier molecular flexibility index (Phi) is 6.20. The fraction of sp³-hybridized carbons (Fsp3) is 0.385. The van der Waals surface area contributed by atoms with Crippen LogP contribution in [-0.4, -0.2) is 12.8 Å². The van der Waals surface area contributed by atoms with Crippen molar-refractivity contribution in [2.75, 3.05) is 12.8 Å². The van der Waals surface area contributed by atoms with Crippen LogP contribution in [0.4, 0.5) is 0 Å². The second-order valence-electron chi connectivity index (χ2n) is 3.67. The van der Waals surface area contributed by atoms with Crippen LogP contribution in [0.1, 0.15) is 18.9 Å². The minimum Gasteiger partial charge on any atom is -0.308 e. The third-order valence-corrected chi connectivity index (χ3v) is 3.92. The number of hydrogen-bond acceptors (Lipinski definition) is 3. The first-order valence-corrected chi connectivity index (χ1v) is 7.46. The Hall–Kier alpha value is -0.890. The lowest BCUT2D eigenvalue weighted by Crippen LogP contribution is -2.00. The van der Waals surface area contributed by atoms with Crippen LogP contribution in [-0.2, 0) is 20.2 Å². The predicted molar refractivity (Wildman–Crippen MR) is 70.1 cm³/mol. The summed E-state index contributed by atoms with van der Waals surface area (Å²) in [5.41, 5.74) is 0.983. The largest absolute Gasteiger partial charge is 0.334 e. The fourth-order valence-electron chi connectivity index (χ4n) is 1.28. The molecule has 0 aromatic heterocycles. The van der Waals surface area contributed by atoms with E-state index in [1.165, 1.54) is 0 Å². The van der Waals surface area contributed by atoms with Crippen LogP contribution in [0, 0.1) is 0 Å². The highest BCUT2D eigenvalue weighted by atomic mass is 31.2. The molecule has 1 aromatic carbocycles. The lowest BCUT2D eigenvalue weighted by molar-refractivity contribution is 0.200. The average molecular weight is 254 g/mol. The third-order valence-electron chi connectivity index (χ3n) is 2.12. The van der Waals surface area contributed by atoms with Gasteiger partial charge in [-0.25, -0.2) is 0 Å². The Bertz CT molecular complexity index is 376.